The van der Waals surface area contributed by atoms with Gasteiger partial charge >= 0.3 is 0 Å². The minimum Gasteiger partial charge on any atom is -0.300 e. The standard InChI is InChI=1S/C20H34O/c1-2-3-4-5-6-15-7-11-19-16(13-15)8-9-17-14-18(21)10-12-20(17)19/h15-17,19-20H,2-14H2,1H3/t15-,16?,17?,19?,20?/m1/s1. The van der Waals surface area contributed by atoms with E-state index in [2.05, 4.69) is 6.92 Å². The van der Waals surface area contributed by atoms with Crippen molar-refractivity contribution in [1.29, 1.82) is 0 Å². The van der Waals surface area contributed by atoms with Gasteiger partial charge in [-0.15, -0.1) is 0 Å². The zero-order valence-electron chi connectivity index (χ0n) is 14.0. The van der Waals surface area contributed by atoms with Crippen molar-refractivity contribution < 1.29 is 4.79 Å². The fourth-order valence-electron chi connectivity index (χ4n) is 5.82. The Labute approximate surface area is 131 Å². The van der Waals surface area contributed by atoms with Gasteiger partial charge in [-0.05, 0) is 61.7 Å². The predicted octanol–water partition coefficient (Wildman–Crippen LogP) is 5.77. The van der Waals surface area contributed by atoms with E-state index in [0.717, 1.165) is 42.4 Å². The summed E-state index contributed by atoms with van der Waals surface area (Å²) in [5, 5.41) is 0. The zero-order chi connectivity index (χ0) is 14.7. The Morgan fingerprint density at radius 1 is 0.905 bits per heavy atom. The molecule has 3 fully saturated rings. The van der Waals surface area contributed by atoms with Gasteiger partial charge in [0.25, 0.3) is 0 Å². The van der Waals surface area contributed by atoms with E-state index < -0.39 is 0 Å². The molecule has 0 aliphatic heterocycles. The third kappa shape index (κ3) is 3.71. The number of hydrogen-bond acceptors (Lipinski definition) is 1. The van der Waals surface area contributed by atoms with Crippen LogP contribution < -0.4 is 0 Å². The highest BCUT2D eigenvalue weighted by Crippen LogP contribution is 2.52. The molecule has 0 aromatic rings. The second kappa shape index (κ2) is 7.29. The number of carbonyl (C=O) groups is 1. The molecule has 3 saturated carbocycles. The third-order valence-corrected chi connectivity index (χ3v) is 6.93. The van der Waals surface area contributed by atoms with Gasteiger partial charge in [-0.25, -0.2) is 0 Å². The summed E-state index contributed by atoms with van der Waals surface area (Å²) in [6, 6.07) is 0. The van der Waals surface area contributed by atoms with Crippen LogP contribution in [-0.2, 0) is 4.79 Å². The Hall–Kier alpha value is -0.330. The van der Waals surface area contributed by atoms with Crippen LogP contribution in [0.2, 0.25) is 0 Å². The molecule has 4 unspecified atom stereocenters. The number of rotatable bonds is 5. The molecule has 0 aromatic carbocycles. The molecule has 0 N–H and O–H groups in total. The van der Waals surface area contributed by atoms with Crippen molar-refractivity contribution in [1.82, 2.24) is 0 Å². The molecule has 0 aromatic heterocycles. The number of carbonyl (C=O) groups excluding carboxylic acids is 1. The van der Waals surface area contributed by atoms with Crippen molar-refractivity contribution in [3.05, 3.63) is 0 Å². The van der Waals surface area contributed by atoms with Crippen LogP contribution in [0.1, 0.15) is 90.4 Å². The first kappa shape index (κ1) is 15.6. The van der Waals surface area contributed by atoms with Crippen molar-refractivity contribution in [3.8, 4) is 0 Å². The maximum absolute atomic E-state index is 11.7. The number of unbranched alkanes of at least 4 members (excludes halogenated alkanes) is 3. The molecular weight excluding hydrogens is 256 g/mol. The smallest absolute Gasteiger partial charge is 0.133 e. The van der Waals surface area contributed by atoms with E-state index in [1.807, 2.05) is 0 Å². The topological polar surface area (TPSA) is 17.1 Å². The molecule has 0 saturated heterocycles. The van der Waals surface area contributed by atoms with Gasteiger partial charge in [-0.1, -0.05) is 45.4 Å². The summed E-state index contributed by atoms with van der Waals surface area (Å²) in [6.07, 6.45) is 17.5. The summed E-state index contributed by atoms with van der Waals surface area (Å²) < 4.78 is 0. The van der Waals surface area contributed by atoms with Crippen molar-refractivity contribution in [2.75, 3.05) is 0 Å². The Bertz CT molecular complexity index is 348. The van der Waals surface area contributed by atoms with Gasteiger partial charge in [0.2, 0.25) is 0 Å². The molecule has 3 aliphatic carbocycles. The average molecular weight is 290 g/mol. The molecule has 0 bridgehead atoms. The van der Waals surface area contributed by atoms with Crippen LogP contribution in [0.5, 0.6) is 0 Å². The van der Waals surface area contributed by atoms with Gasteiger partial charge in [0, 0.05) is 12.8 Å². The van der Waals surface area contributed by atoms with Gasteiger partial charge in [-0.2, -0.15) is 0 Å². The predicted molar refractivity (Wildman–Crippen MR) is 88.2 cm³/mol. The van der Waals surface area contributed by atoms with Gasteiger partial charge in [0.1, 0.15) is 5.78 Å². The first-order valence-corrected chi connectivity index (χ1v) is 9.79. The lowest BCUT2D eigenvalue weighted by Gasteiger charge is -2.49. The van der Waals surface area contributed by atoms with E-state index >= 15 is 0 Å². The lowest BCUT2D eigenvalue weighted by Crippen LogP contribution is -2.41. The van der Waals surface area contributed by atoms with E-state index in [1.54, 1.807) is 0 Å². The molecule has 1 heteroatoms. The van der Waals surface area contributed by atoms with Crippen LogP contribution >= 0.6 is 0 Å². The minimum atomic E-state index is 0.555. The SMILES string of the molecule is CCCCCC[C@@H]1CCC2C(CCC3CC(=O)CCC32)C1. The van der Waals surface area contributed by atoms with Crippen molar-refractivity contribution in [2.24, 2.45) is 29.6 Å². The summed E-state index contributed by atoms with van der Waals surface area (Å²) in [5.41, 5.74) is 0. The fourth-order valence-corrected chi connectivity index (χ4v) is 5.82. The summed E-state index contributed by atoms with van der Waals surface area (Å²) in [5.74, 6) is 5.29. The minimum absolute atomic E-state index is 0.555. The Kier molecular flexibility index (Phi) is 5.40. The fraction of sp³-hybridized carbons (Fsp3) is 0.950. The largest absolute Gasteiger partial charge is 0.300 e. The summed E-state index contributed by atoms with van der Waals surface area (Å²) in [7, 11) is 0. The zero-order valence-corrected chi connectivity index (χ0v) is 14.0. The molecule has 1 nitrogen and oxygen atoms in total. The van der Waals surface area contributed by atoms with Gasteiger partial charge in [0.15, 0.2) is 0 Å². The highest BCUT2D eigenvalue weighted by molar-refractivity contribution is 5.79. The Morgan fingerprint density at radius 2 is 1.71 bits per heavy atom. The van der Waals surface area contributed by atoms with Crippen LogP contribution in [0.4, 0.5) is 0 Å². The highest BCUT2D eigenvalue weighted by Gasteiger charge is 2.44. The summed E-state index contributed by atoms with van der Waals surface area (Å²) >= 11 is 0. The Morgan fingerprint density at radius 3 is 2.57 bits per heavy atom. The van der Waals surface area contributed by atoms with Gasteiger partial charge < -0.3 is 0 Å². The number of fused-ring (bicyclic) bond motifs is 3. The van der Waals surface area contributed by atoms with Crippen molar-refractivity contribution >= 4 is 5.78 Å². The molecule has 3 rings (SSSR count). The molecule has 0 heterocycles. The Balaban J connectivity index is 1.48. The molecule has 0 radical (unpaired) electrons. The lowest BCUT2D eigenvalue weighted by molar-refractivity contribution is -0.125. The van der Waals surface area contributed by atoms with Crippen molar-refractivity contribution in [3.63, 3.8) is 0 Å². The quantitative estimate of drug-likeness (QED) is 0.587. The third-order valence-electron chi connectivity index (χ3n) is 6.93. The second-order valence-electron chi connectivity index (χ2n) is 8.24. The molecule has 0 spiro atoms. The average Bonchev–Trinajstić information content (AvgIpc) is 2.51. The van der Waals surface area contributed by atoms with Crippen LogP contribution in [-0.4, -0.2) is 5.78 Å². The van der Waals surface area contributed by atoms with Gasteiger partial charge in [-0.3, -0.25) is 4.79 Å². The highest BCUT2D eigenvalue weighted by atomic mass is 16.1. The lowest BCUT2D eigenvalue weighted by atomic mass is 9.56. The van der Waals surface area contributed by atoms with E-state index in [-0.39, 0.29) is 0 Å². The van der Waals surface area contributed by atoms with Crippen LogP contribution in [0, 0.1) is 29.6 Å². The molecule has 21 heavy (non-hydrogen) atoms. The molecule has 3 aliphatic rings. The summed E-state index contributed by atoms with van der Waals surface area (Å²) in [6.45, 7) is 2.30. The summed E-state index contributed by atoms with van der Waals surface area (Å²) in [4.78, 5) is 11.7. The maximum Gasteiger partial charge on any atom is 0.133 e. The van der Waals surface area contributed by atoms with Crippen LogP contribution in [0.3, 0.4) is 0 Å². The molecular formula is C20H34O. The van der Waals surface area contributed by atoms with Crippen molar-refractivity contribution in [2.45, 2.75) is 90.4 Å². The van der Waals surface area contributed by atoms with E-state index in [0.29, 0.717) is 5.78 Å². The number of ketones is 1. The van der Waals surface area contributed by atoms with E-state index in [1.165, 1.54) is 70.6 Å². The van der Waals surface area contributed by atoms with Crippen LogP contribution in [0.15, 0.2) is 0 Å². The van der Waals surface area contributed by atoms with Crippen LogP contribution in [0.25, 0.3) is 0 Å². The molecule has 0 amide bonds. The molecule has 120 valence electrons. The number of hydrogen-bond donors (Lipinski definition) is 0. The monoisotopic (exact) mass is 290 g/mol. The van der Waals surface area contributed by atoms with E-state index in [4.69, 9.17) is 0 Å². The second-order valence-corrected chi connectivity index (χ2v) is 8.24. The maximum atomic E-state index is 11.7. The first-order chi connectivity index (χ1) is 10.3. The van der Waals surface area contributed by atoms with Gasteiger partial charge in [0.05, 0.1) is 0 Å². The normalized spacial score (nSPS) is 39.7. The van der Waals surface area contributed by atoms with E-state index in [9.17, 15) is 4.79 Å². The first-order valence-electron chi connectivity index (χ1n) is 9.79. The number of Topliss-reactive ketones (excluding diaryl/α,β-unsaturated/α-hetero) is 1. The molecule has 5 atom stereocenters.